The Morgan fingerprint density at radius 2 is 2.12 bits per heavy atom. The number of amides is 1. The maximum Gasteiger partial charge on any atom is 0.254 e. The van der Waals surface area contributed by atoms with Gasteiger partial charge < -0.3 is 15.4 Å². The first-order valence-corrected chi connectivity index (χ1v) is 5.43. The van der Waals surface area contributed by atoms with Gasteiger partial charge in [0.15, 0.2) is 0 Å². The van der Waals surface area contributed by atoms with Crippen molar-refractivity contribution in [1.29, 1.82) is 0 Å². The molecule has 0 atom stereocenters. The second kappa shape index (κ2) is 6.70. The Bertz CT molecular complexity index is 374. The molecule has 4 heteroatoms. The highest BCUT2D eigenvalue weighted by Gasteiger charge is 2.13. The van der Waals surface area contributed by atoms with Gasteiger partial charge in [0.2, 0.25) is 0 Å². The number of carbonyl (C=O) groups is 1. The molecule has 0 unspecified atom stereocenters. The van der Waals surface area contributed by atoms with Gasteiger partial charge in [0.05, 0.1) is 6.61 Å². The zero-order valence-corrected chi connectivity index (χ0v) is 10.1. The highest BCUT2D eigenvalue weighted by molar-refractivity contribution is 5.94. The van der Waals surface area contributed by atoms with Gasteiger partial charge in [-0.2, -0.15) is 0 Å². The average molecular weight is 234 g/mol. The predicted octanol–water partition coefficient (Wildman–Crippen LogP) is 1.54. The molecule has 2 N–H and O–H groups in total. The van der Waals surface area contributed by atoms with E-state index in [1.54, 1.807) is 42.4 Å². The van der Waals surface area contributed by atoms with Crippen molar-refractivity contribution in [3.05, 3.63) is 42.5 Å². The van der Waals surface area contributed by atoms with Crippen LogP contribution in [0.5, 0.6) is 0 Å². The molecule has 1 aromatic rings. The van der Waals surface area contributed by atoms with Crippen LogP contribution >= 0.6 is 0 Å². The van der Waals surface area contributed by atoms with Crippen LogP contribution in [0.15, 0.2) is 36.9 Å². The summed E-state index contributed by atoms with van der Waals surface area (Å²) in [5, 5.41) is 0. The first kappa shape index (κ1) is 13.3. The van der Waals surface area contributed by atoms with E-state index >= 15 is 0 Å². The summed E-state index contributed by atoms with van der Waals surface area (Å²) in [4.78, 5) is 13.8. The summed E-state index contributed by atoms with van der Waals surface area (Å²) in [5.74, 6) is -0.0399. The van der Waals surface area contributed by atoms with Crippen molar-refractivity contribution in [3.8, 4) is 0 Å². The van der Waals surface area contributed by atoms with E-state index in [4.69, 9.17) is 10.5 Å². The fourth-order valence-electron chi connectivity index (χ4n) is 1.44. The lowest BCUT2D eigenvalue weighted by Crippen LogP contribution is -2.34. The predicted molar refractivity (Wildman–Crippen MR) is 68.8 cm³/mol. The molecule has 0 saturated carbocycles. The number of ether oxygens (including phenoxy) is 1. The molecule has 4 nitrogen and oxygen atoms in total. The van der Waals surface area contributed by atoms with Crippen molar-refractivity contribution in [2.75, 3.05) is 32.5 Å². The zero-order chi connectivity index (χ0) is 12.7. The molecule has 0 fully saturated rings. The number of anilines is 1. The van der Waals surface area contributed by atoms with Crippen LogP contribution in [-0.2, 0) is 4.74 Å². The summed E-state index contributed by atoms with van der Waals surface area (Å²) < 4.78 is 4.98. The lowest BCUT2D eigenvalue weighted by atomic mass is 10.2. The van der Waals surface area contributed by atoms with Crippen molar-refractivity contribution in [2.45, 2.75) is 0 Å². The van der Waals surface area contributed by atoms with Crippen molar-refractivity contribution in [2.24, 2.45) is 0 Å². The van der Waals surface area contributed by atoms with Crippen LogP contribution in [0.2, 0.25) is 0 Å². The number of benzene rings is 1. The van der Waals surface area contributed by atoms with Gasteiger partial charge in [0.25, 0.3) is 5.91 Å². The van der Waals surface area contributed by atoms with Crippen molar-refractivity contribution in [3.63, 3.8) is 0 Å². The Labute approximate surface area is 102 Å². The van der Waals surface area contributed by atoms with Gasteiger partial charge >= 0.3 is 0 Å². The quantitative estimate of drug-likeness (QED) is 0.600. The molecule has 0 saturated heterocycles. The minimum atomic E-state index is -0.0399. The number of carbonyl (C=O) groups excluding carboxylic acids is 1. The van der Waals surface area contributed by atoms with E-state index in [1.807, 2.05) is 0 Å². The summed E-state index contributed by atoms with van der Waals surface area (Å²) >= 11 is 0. The number of hydrogen-bond acceptors (Lipinski definition) is 3. The summed E-state index contributed by atoms with van der Waals surface area (Å²) in [5.41, 5.74) is 6.85. The van der Waals surface area contributed by atoms with Gasteiger partial charge in [-0.1, -0.05) is 6.08 Å². The molecule has 0 heterocycles. The molecule has 0 aliphatic rings. The summed E-state index contributed by atoms with van der Waals surface area (Å²) in [6, 6.07) is 6.88. The van der Waals surface area contributed by atoms with Crippen LogP contribution in [-0.4, -0.2) is 37.6 Å². The monoisotopic (exact) mass is 234 g/mol. The second-order valence-electron chi connectivity index (χ2n) is 3.65. The average Bonchev–Trinajstić information content (AvgIpc) is 2.34. The number of nitrogen functional groups attached to an aromatic ring is 1. The maximum absolute atomic E-state index is 12.1. The number of hydrogen-bond donors (Lipinski definition) is 1. The standard InChI is InChI=1S/C13H18N2O2/c1-3-8-15(9-10-17-2)13(16)11-4-6-12(14)7-5-11/h3-7H,1,8-10,14H2,2H3. The van der Waals surface area contributed by atoms with Gasteiger partial charge in [-0.3, -0.25) is 4.79 Å². The fourth-order valence-corrected chi connectivity index (χ4v) is 1.44. The Hall–Kier alpha value is -1.81. The largest absolute Gasteiger partial charge is 0.399 e. The Kier molecular flexibility index (Phi) is 5.23. The van der Waals surface area contributed by atoms with Crippen molar-refractivity contribution in [1.82, 2.24) is 4.90 Å². The summed E-state index contributed by atoms with van der Waals surface area (Å²) in [6.45, 7) is 5.21. The summed E-state index contributed by atoms with van der Waals surface area (Å²) in [7, 11) is 1.61. The lowest BCUT2D eigenvalue weighted by Gasteiger charge is -2.20. The molecular weight excluding hydrogens is 216 g/mol. The molecule has 92 valence electrons. The van der Waals surface area contributed by atoms with Gasteiger partial charge in [0.1, 0.15) is 0 Å². The zero-order valence-electron chi connectivity index (χ0n) is 10.1. The molecule has 17 heavy (non-hydrogen) atoms. The van der Waals surface area contributed by atoms with E-state index in [-0.39, 0.29) is 5.91 Å². The lowest BCUT2D eigenvalue weighted by molar-refractivity contribution is 0.0718. The van der Waals surface area contributed by atoms with Gasteiger partial charge in [0, 0.05) is 31.5 Å². The minimum absolute atomic E-state index is 0.0399. The fraction of sp³-hybridized carbons (Fsp3) is 0.308. The Morgan fingerprint density at radius 3 is 2.65 bits per heavy atom. The van der Waals surface area contributed by atoms with Crippen LogP contribution in [0, 0.1) is 0 Å². The van der Waals surface area contributed by atoms with E-state index in [2.05, 4.69) is 6.58 Å². The smallest absolute Gasteiger partial charge is 0.254 e. The molecule has 0 aliphatic heterocycles. The van der Waals surface area contributed by atoms with E-state index in [1.165, 1.54) is 0 Å². The minimum Gasteiger partial charge on any atom is -0.399 e. The number of nitrogens with two attached hydrogens (primary N) is 1. The van der Waals surface area contributed by atoms with E-state index in [0.717, 1.165) is 0 Å². The third-order valence-electron chi connectivity index (χ3n) is 2.36. The second-order valence-corrected chi connectivity index (χ2v) is 3.65. The number of rotatable bonds is 6. The topological polar surface area (TPSA) is 55.6 Å². The highest BCUT2D eigenvalue weighted by atomic mass is 16.5. The van der Waals surface area contributed by atoms with Gasteiger partial charge in [-0.15, -0.1) is 6.58 Å². The first-order chi connectivity index (χ1) is 8.19. The molecule has 0 radical (unpaired) electrons. The highest BCUT2D eigenvalue weighted by Crippen LogP contribution is 2.08. The van der Waals surface area contributed by atoms with Crippen molar-refractivity contribution >= 4 is 11.6 Å². The molecule has 0 aromatic heterocycles. The van der Waals surface area contributed by atoms with Crippen LogP contribution in [0.25, 0.3) is 0 Å². The SMILES string of the molecule is C=CCN(CCOC)C(=O)c1ccc(N)cc1. The first-order valence-electron chi connectivity index (χ1n) is 5.43. The van der Waals surface area contributed by atoms with Crippen LogP contribution in [0.4, 0.5) is 5.69 Å². The molecule has 0 aliphatic carbocycles. The molecule has 1 rings (SSSR count). The summed E-state index contributed by atoms with van der Waals surface area (Å²) in [6.07, 6.45) is 1.70. The number of methoxy groups -OCH3 is 1. The van der Waals surface area contributed by atoms with E-state index in [9.17, 15) is 4.79 Å². The van der Waals surface area contributed by atoms with Gasteiger partial charge in [-0.25, -0.2) is 0 Å². The Morgan fingerprint density at radius 1 is 1.47 bits per heavy atom. The van der Waals surface area contributed by atoms with E-state index < -0.39 is 0 Å². The number of nitrogens with zero attached hydrogens (tertiary/aromatic N) is 1. The molecule has 0 spiro atoms. The maximum atomic E-state index is 12.1. The van der Waals surface area contributed by atoms with Crippen LogP contribution in [0.1, 0.15) is 10.4 Å². The third kappa shape index (κ3) is 3.92. The molecular formula is C13H18N2O2. The van der Waals surface area contributed by atoms with Crippen LogP contribution in [0.3, 0.4) is 0 Å². The molecule has 0 bridgehead atoms. The van der Waals surface area contributed by atoms with Gasteiger partial charge in [-0.05, 0) is 24.3 Å². The Balaban J connectivity index is 2.75. The van der Waals surface area contributed by atoms with Crippen LogP contribution < -0.4 is 5.73 Å². The normalized spacial score (nSPS) is 9.94. The molecule has 1 aromatic carbocycles. The molecule has 1 amide bonds. The third-order valence-corrected chi connectivity index (χ3v) is 2.36. The van der Waals surface area contributed by atoms with E-state index in [0.29, 0.717) is 30.9 Å². The van der Waals surface area contributed by atoms with Crippen molar-refractivity contribution < 1.29 is 9.53 Å².